The predicted octanol–water partition coefficient (Wildman–Crippen LogP) is 3.60. The highest BCUT2D eigenvalue weighted by Crippen LogP contribution is 2.29. The third kappa shape index (κ3) is 4.41. The van der Waals surface area contributed by atoms with Crippen LogP contribution < -0.4 is 4.74 Å². The number of carbonyl (C=O) groups is 1. The number of hydrogen-bond acceptors (Lipinski definition) is 2. The van der Waals surface area contributed by atoms with E-state index in [1.54, 1.807) is 7.11 Å². The maximum atomic E-state index is 12.3. The molecule has 4 heteroatoms. The van der Waals surface area contributed by atoms with Gasteiger partial charge < -0.3 is 9.64 Å². The molecular formula is C16H22ClNO2. The Labute approximate surface area is 125 Å². The molecular weight excluding hydrogens is 274 g/mol. The topological polar surface area (TPSA) is 29.5 Å². The SMILES string of the molecule is COc1ccc(CN(C(=O)CCCCCl)C2CC2)cc1. The van der Waals surface area contributed by atoms with Crippen molar-refractivity contribution >= 4 is 17.5 Å². The van der Waals surface area contributed by atoms with Crippen LogP contribution in [-0.4, -0.2) is 29.8 Å². The summed E-state index contributed by atoms with van der Waals surface area (Å²) in [5.41, 5.74) is 1.16. The summed E-state index contributed by atoms with van der Waals surface area (Å²) in [5, 5.41) is 0. The fourth-order valence-corrected chi connectivity index (χ4v) is 2.44. The van der Waals surface area contributed by atoms with Gasteiger partial charge in [-0.25, -0.2) is 0 Å². The summed E-state index contributed by atoms with van der Waals surface area (Å²) in [6.45, 7) is 0.703. The Bertz CT molecular complexity index is 429. The van der Waals surface area contributed by atoms with Gasteiger partial charge in [0.1, 0.15) is 5.75 Å². The first-order valence-corrected chi connectivity index (χ1v) is 7.76. The van der Waals surface area contributed by atoms with E-state index in [1.165, 1.54) is 0 Å². The van der Waals surface area contributed by atoms with Crippen molar-refractivity contribution in [2.45, 2.75) is 44.7 Å². The number of methoxy groups -OCH3 is 1. The Morgan fingerprint density at radius 1 is 1.30 bits per heavy atom. The summed E-state index contributed by atoms with van der Waals surface area (Å²) < 4.78 is 5.15. The van der Waals surface area contributed by atoms with Gasteiger partial charge >= 0.3 is 0 Å². The number of alkyl halides is 1. The lowest BCUT2D eigenvalue weighted by atomic mass is 10.1. The monoisotopic (exact) mass is 295 g/mol. The highest BCUT2D eigenvalue weighted by Gasteiger charge is 2.31. The van der Waals surface area contributed by atoms with Gasteiger partial charge in [-0.3, -0.25) is 4.79 Å². The van der Waals surface area contributed by atoms with Gasteiger partial charge in [0, 0.05) is 24.9 Å². The second kappa shape index (κ2) is 7.53. The summed E-state index contributed by atoms with van der Waals surface area (Å²) in [6, 6.07) is 8.39. The van der Waals surface area contributed by atoms with E-state index in [2.05, 4.69) is 0 Å². The summed E-state index contributed by atoms with van der Waals surface area (Å²) in [7, 11) is 1.66. The number of rotatable bonds is 8. The van der Waals surface area contributed by atoms with Crippen molar-refractivity contribution in [3.05, 3.63) is 29.8 Å². The van der Waals surface area contributed by atoms with E-state index < -0.39 is 0 Å². The van der Waals surface area contributed by atoms with Crippen molar-refractivity contribution in [3.8, 4) is 5.75 Å². The molecule has 0 saturated heterocycles. The summed E-state index contributed by atoms with van der Waals surface area (Å²) >= 11 is 5.66. The Hall–Kier alpha value is -1.22. The van der Waals surface area contributed by atoms with E-state index >= 15 is 0 Å². The Kier molecular flexibility index (Phi) is 5.72. The first kappa shape index (κ1) is 15.2. The van der Waals surface area contributed by atoms with Crippen molar-refractivity contribution in [2.24, 2.45) is 0 Å². The minimum atomic E-state index is 0.258. The van der Waals surface area contributed by atoms with Crippen LogP contribution in [0, 0.1) is 0 Å². The fraction of sp³-hybridized carbons (Fsp3) is 0.562. The molecule has 1 fully saturated rings. The zero-order valence-electron chi connectivity index (χ0n) is 12.0. The third-order valence-corrected chi connectivity index (χ3v) is 3.86. The molecule has 0 spiro atoms. The fourth-order valence-electron chi connectivity index (χ4n) is 2.25. The van der Waals surface area contributed by atoms with Gasteiger partial charge in [0.2, 0.25) is 5.91 Å². The number of ether oxygens (including phenoxy) is 1. The number of nitrogens with zero attached hydrogens (tertiary/aromatic N) is 1. The van der Waals surface area contributed by atoms with Crippen LogP contribution in [0.25, 0.3) is 0 Å². The number of benzene rings is 1. The van der Waals surface area contributed by atoms with Crippen LogP contribution >= 0.6 is 11.6 Å². The lowest BCUT2D eigenvalue weighted by molar-refractivity contribution is -0.132. The van der Waals surface area contributed by atoms with Crippen LogP contribution in [0.3, 0.4) is 0 Å². The zero-order valence-corrected chi connectivity index (χ0v) is 12.7. The van der Waals surface area contributed by atoms with Crippen LogP contribution in [0.2, 0.25) is 0 Å². The molecule has 0 unspecified atom stereocenters. The van der Waals surface area contributed by atoms with Gasteiger partial charge in [-0.15, -0.1) is 11.6 Å². The standard InChI is InChI=1S/C16H22ClNO2/c1-20-15-9-5-13(6-10-15)12-18(14-7-8-14)16(19)4-2-3-11-17/h5-6,9-10,14H,2-4,7-8,11-12H2,1H3. The first-order valence-electron chi connectivity index (χ1n) is 7.23. The largest absolute Gasteiger partial charge is 0.497 e. The van der Waals surface area contributed by atoms with Gasteiger partial charge in [-0.05, 0) is 43.4 Å². The zero-order chi connectivity index (χ0) is 14.4. The molecule has 0 N–H and O–H groups in total. The van der Waals surface area contributed by atoms with Gasteiger partial charge in [0.15, 0.2) is 0 Å². The van der Waals surface area contributed by atoms with Crippen LogP contribution in [-0.2, 0) is 11.3 Å². The molecule has 1 aromatic carbocycles. The number of carbonyl (C=O) groups excluding carboxylic acids is 1. The molecule has 20 heavy (non-hydrogen) atoms. The van der Waals surface area contributed by atoms with Gasteiger partial charge in [-0.2, -0.15) is 0 Å². The minimum absolute atomic E-state index is 0.258. The molecule has 0 atom stereocenters. The highest BCUT2D eigenvalue weighted by atomic mass is 35.5. The Morgan fingerprint density at radius 2 is 2.00 bits per heavy atom. The molecule has 0 aliphatic heterocycles. The molecule has 1 aliphatic carbocycles. The normalized spacial score (nSPS) is 14.1. The quantitative estimate of drug-likeness (QED) is 0.542. The number of hydrogen-bond donors (Lipinski definition) is 0. The van der Waals surface area contributed by atoms with E-state index in [0.717, 1.165) is 37.0 Å². The molecule has 0 radical (unpaired) electrons. The number of amides is 1. The lowest BCUT2D eigenvalue weighted by Gasteiger charge is -2.22. The van der Waals surface area contributed by atoms with Crippen molar-refractivity contribution in [3.63, 3.8) is 0 Å². The molecule has 1 amide bonds. The molecule has 2 rings (SSSR count). The predicted molar refractivity (Wildman–Crippen MR) is 81.1 cm³/mol. The third-order valence-electron chi connectivity index (χ3n) is 3.59. The van der Waals surface area contributed by atoms with E-state index in [1.807, 2.05) is 29.2 Å². The smallest absolute Gasteiger partial charge is 0.223 e. The summed E-state index contributed by atoms with van der Waals surface area (Å²) in [4.78, 5) is 14.3. The first-order chi connectivity index (χ1) is 9.74. The van der Waals surface area contributed by atoms with Crippen molar-refractivity contribution in [1.29, 1.82) is 0 Å². The van der Waals surface area contributed by atoms with Crippen molar-refractivity contribution in [2.75, 3.05) is 13.0 Å². The van der Waals surface area contributed by atoms with Gasteiger partial charge in [0.05, 0.1) is 7.11 Å². The molecule has 1 aromatic rings. The molecule has 110 valence electrons. The maximum Gasteiger partial charge on any atom is 0.223 e. The van der Waals surface area contributed by atoms with Crippen molar-refractivity contribution < 1.29 is 9.53 Å². The molecule has 3 nitrogen and oxygen atoms in total. The maximum absolute atomic E-state index is 12.3. The van der Waals surface area contributed by atoms with E-state index in [4.69, 9.17) is 16.3 Å². The van der Waals surface area contributed by atoms with Crippen molar-refractivity contribution in [1.82, 2.24) is 4.90 Å². The number of unbranched alkanes of at least 4 members (excludes halogenated alkanes) is 1. The van der Waals surface area contributed by atoms with Crippen LogP contribution in [0.4, 0.5) is 0 Å². The van der Waals surface area contributed by atoms with Gasteiger partial charge in [-0.1, -0.05) is 12.1 Å². The van der Waals surface area contributed by atoms with Crippen LogP contribution in [0.15, 0.2) is 24.3 Å². The Balaban J connectivity index is 1.92. The molecule has 1 aliphatic rings. The summed E-state index contributed by atoms with van der Waals surface area (Å²) in [6.07, 6.45) is 4.68. The lowest BCUT2D eigenvalue weighted by Crippen LogP contribution is -2.32. The molecule has 0 heterocycles. The minimum Gasteiger partial charge on any atom is -0.497 e. The highest BCUT2D eigenvalue weighted by molar-refractivity contribution is 6.17. The molecule has 0 bridgehead atoms. The Morgan fingerprint density at radius 3 is 2.55 bits per heavy atom. The summed E-state index contributed by atoms with van der Waals surface area (Å²) in [5.74, 6) is 1.74. The number of halogens is 1. The second-order valence-corrected chi connectivity index (χ2v) is 5.62. The average Bonchev–Trinajstić information content (AvgIpc) is 3.30. The second-order valence-electron chi connectivity index (χ2n) is 5.25. The van der Waals surface area contributed by atoms with Crippen LogP contribution in [0.1, 0.15) is 37.7 Å². The van der Waals surface area contributed by atoms with E-state index in [9.17, 15) is 4.79 Å². The average molecular weight is 296 g/mol. The molecule has 0 aromatic heterocycles. The van der Waals surface area contributed by atoms with E-state index in [0.29, 0.717) is 24.9 Å². The molecule has 1 saturated carbocycles. The van der Waals surface area contributed by atoms with E-state index in [-0.39, 0.29) is 5.91 Å². The van der Waals surface area contributed by atoms with Crippen LogP contribution in [0.5, 0.6) is 5.75 Å². The van der Waals surface area contributed by atoms with Gasteiger partial charge in [0.25, 0.3) is 0 Å².